The second-order valence-corrected chi connectivity index (χ2v) is 8.21. The van der Waals surface area contributed by atoms with E-state index >= 15 is 0 Å². The van der Waals surface area contributed by atoms with Gasteiger partial charge in [0, 0.05) is 38.4 Å². The minimum atomic E-state index is 0.507. The van der Waals surface area contributed by atoms with Crippen molar-refractivity contribution in [2.45, 2.75) is 63.5 Å². The van der Waals surface area contributed by atoms with E-state index in [2.05, 4.69) is 37.6 Å². The molecule has 2 saturated carbocycles. The lowest BCUT2D eigenvalue weighted by Gasteiger charge is -2.33. The Hall–Kier alpha value is -1.78. The molecule has 3 fully saturated rings. The summed E-state index contributed by atoms with van der Waals surface area (Å²) in [5.41, 5.74) is 0. The molecule has 5 heteroatoms. The van der Waals surface area contributed by atoms with Crippen LogP contribution in [0, 0.1) is 11.8 Å². The van der Waals surface area contributed by atoms with Gasteiger partial charge in [0.25, 0.3) is 0 Å². The number of guanidine groups is 1. The van der Waals surface area contributed by atoms with Crippen molar-refractivity contribution in [3.63, 3.8) is 0 Å². The van der Waals surface area contributed by atoms with Gasteiger partial charge < -0.3 is 15.5 Å². The molecule has 0 aromatic carbocycles. The highest BCUT2D eigenvalue weighted by Gasteiger charge is 2.43. The average Bonchev–Trinajstić information content (AvgIpc) is 3.48. The molecule has 26 heavy (non-hydrogen) atoms. The lowest BCUT2D eigenvalue weighted by molar-refractivity contribution is 0.315. The van der Waals surface area contributed by atoms with Crippen molar-refractivity contribution in [1.29, 1.82) is 0 Å². The molecule has 0 bridgehead atoms. The minimum Gasteiger partial charge on any atom is -0.356 e. The molecule has 1 aromatic rings. The number of rotatable bonds is 4. The van der Waals surface area contributed by atoms with Crippen molar-refractivity contribution in [1.82, 2.24) is 15.6 Å². The van der Waals surface area contributed by atoms with Gasteiger partial charge in [0.05, 0.1) is 0 Å². The normalized spacial score (nSPS) is 28.0. The van der Waals surface area contributed by atoms with Crippen LogP contribution in [-0.2, 0) is 0 Å². The summed E-state index contributed by atoms with van der Waals surface area (Å²) in [7, 11) is 1.90. The topological polar surface area (TPSA) is 52.6 Å². The Balaban J connectivity index is 1.21. The zero-order valence-electron chi connectivity index (χ0n) is 16.0. The second-order valence-electron chi connectivity index (χ2n) is 8.21. The third-order valence-corrected chi connectivity index (χ3v) is 6.45. The van der Waals surface area contributed by atoms with Crippen molar-refractivity contribution < 1.29 is 0 Å². The molecule has 142 valence electrons. The lowest BCUT2D eigenvalue weighted by Crippen LogP contribution is -2.49. The van der Waals surface area contributed by atoms with Crippen molar-refractivity contribution in [2.75, 3.05) is 25.0 Å². The van der Waals surface area contributed by atoms with Crippen LogP contribution >= 0.6 is 0 Å². The molecule has 3 aliphatic rings. The highest BCUT2D eigenvalue weighted by Crippen LogP contribution is 2.44. The van der Waals surface area contributed by atoms with E-state index in [-0.39, 0.29) is 0 Å². The Labute approximate surface area is 157 Å². The Kier molecular flexibility index (Phi) is 5.61. The lowest BCUT2D eigenvalue weighted by atomic mass is 9.85. The molecular weight excluding hydrogens is 322 g/mol. The number of aromatic nitrogens is 1. The molecule has 2 N–H and O–H groups in total. The maximum Gasteiger partial charge on any atom is 0.191 e. The summed E-state index contributed by atoms with van der Waals surface area (Å²) in [4.78, 5) is 11.3. The van der Waals surface area contributed by atoms with Crippen LogP contribution in [0.4, 0.5) is 5.82 Å². The molecule has 1 aromatic heterocycles. The van der Waals surface area contributed by atoms with Gasteiger partial charge in [-0.2, -0.15) is 0 Å². The van der Waals surface area contributed by atoms with Crippen LogP contribution in [0.15, 0.2) is 29.4 Å². The Morgan fingerprint density at radius 2 is 1.88 bits per heavy atom. The molecule has 2 atom stereocenters. The third kappa shape index (κ3) is 4.30. The first-order valence-corrected chi connectivity index (χ1v) is 10.5. The van der Waals surface area contributed by atoms with Crippen LogP contribution in [0.3, 0.4) is 0 Å². The van der Waals surface area contributed by atoms with E-state index in [0.717, 1.165) is 49.5 Å². The van der Waals surface area contributed by atoms with Crippen molar-refractivity contribution in [3.05, 3.63) is 24.4 Å². The van der Waals surface area contributed by atoms with Gasteiger partial charge in [-0.1, -0.05) is 38.2 Å². The van der Waals surface area contributed by atoms with Gasteiger partial charge in [-0.15, -0.1) is 0 Å². The quantitative estimate of drug-likeness (QED) is 0.643. The Bertz CT molecular complexity index is 588. The Morgan fingerprint density at radius 3 is 2.58 bits per heavy atom. The van der Waals surface area contributed by atoms with Gasteiger partial charge in [-0.25, -0.2) is 4.98 Å². The third-order valence-electron chi connectivity index (χ3n) is 6.45. The molecule has 4 rings (SSSR count). The molecule has 1 aliphatic heterocycles. The van der Waals surface area contributed by atoms with E-state index in [1.807, 2.05) is 19.3 Å². The molecular formula is C21H33N5. The van der Waals surface area contributed by atoms with E-state index < -0.39 is 0 Å². The summed E-state index contributed by atoms with van der Waals surface area (Å²) in [5.74, 6) is 3.95. The van der Waals surface area contributed by atoms with Gasteiger partial charge in [0.15, 0.2) is 5.96 Å². The van der Waals surface area contributed by atoms with Crippen LogP contribution in [-0.4, -0.2) is 43.2 Å². The fourth-order valence-corrected chi connectivity index (χ4v) is 4.80. The van der Waals surface area contributed by atoms with Gasteiger partial charge in [-0.05, 0) is 43.2 Å². The zero-order valence-corrected chi connectivity index (χ0v) is 16.0. The SMILES string of the molecule is CN=C(NC1CCN(c2ccccn2)CC1)NC1CC1C1CCCCC1. The number of nitrogens with one attached hydrogen (secondary N) is 2. The van der Waals surface area contributed by atoms with Crippen molar-refractivity contribution in [2.24, 2.45) is 16.8 Å². The zero-order chi connectivity index (χ0) is 17.8. The summed E-state index contributed by atoms with van der Waals surface area (Å²) in [5, 5.41) is 7.36. The fraction of sp³-hybridized carbons (Fsp3) is 0.714. The summed E-state index contributed by atoms with van der Waals surface area (Å²) < 4.78 is 0. The van der Waals surface area contributed by atoms with Crippen LogP contribution in [0.5, 0.6) is 0 Å². The maximum absolute atomic E-state index is 4.49. The number of hydrogen-bond acceptors (Lipinski definition) is 3. The summed E-state index contributed by atoms with van der Waals surface area (Å²) in [6.45, 7) is 2.11. The first-order chi connectivity index (χ1) is 12.8. The number of aliphatic imine (C=N–C) groups is 1. The standard InChI is InChI=1S/C21H33N5/c1-22-21(25-19-15-18(19)16-7-3-2-4-8-16)24-17-10-13-26(14-11-17)20-9-5-6-12-23-20/h5-6,9,12,16-19H,2-4,7-8,10-11,13-15H2,1H3,(H2,22,24,25). The first-order valence-electron chi connectivity index (χ1n) is 10.5. The molecule has 2 unspecified atom stereocenters. The van der Waals surface area contributed by atoms with E-state index in [0.29, 0.717) is 12.1 Å². The van der Waals surface area contributed by atoms with Crippen LogP contribution in [0.2, 0.25) is 0 Å². The minimum absolute atomic E-state index is 0.507. The van der Waals surface area contributed by atoms with Crippen molar-refractivity contribution in [3.8, 4) is 0 Å². The van der Waals surface area contributed by atoms with Gasteiger partial charge in [0.2, 0.25) is 0 Å². The molecule has 2 heterocycles. The van der Waals surface area contributed by atoms with E-state index in [9.17, 15) is 0 Å². The monoisotopic (exact) mass is 355 g/mol. The van der Waals surface area contributed by atoms with E-state index in [1.165, 1.54) is 38.5 Å². The number of hydrogen-bond donors (Lipinski definition) is 2. The number of nitrogens with zero attached hydrogens (tertiary/aromatic N) is 3. The van der Waals surface area contributed by atoms with Crippen LogP contribution in [0.25, 0.3) is 0 Å². The smallest absolute Gasteiger partial charge is 0.191 e. The predicted octanol–water partition coefficient (Wildman–Crippen LogP) is 3.18. The number of pyridine rings is 1. The summed E-state index contributed by atoms with van der Waals surface area (Å²) in [6.07, 6.45) is 12.7. The molecule has 0 radical (unpaired) electrons. The van der Waals surface area contributed by atoms with Crippen molar-refractivity contribution >= 4 is 11.8 Å². The van der Waals surface area contributed by atoms with Gasteiger partial charge in [-0.3, -0.25) is 4.99 Å². The number of piperidine rings is 1. The van der Waals surface area contributed by atoms with Crippen LogP contribution < -0.4 is 15.5 Å². The largest absolute Gasteiger partial charge is 0.356 e. The molecule has 0 amide bonds. The highest BCUT2D eigenvalue weighted by atomic mass is 15.2. The molecule has 5 nitrogen and oxygen atoms in total. The maximum atomic E-state index is 4.49. The summed E-state index contributed by atoms with van der Waals surface area (Å²) in [6, 6.07) is 7.31. The Morgan fingerprint density at radius 1 is 1.08 bits per heavy atom. The highest BCUT2D eigenvalue weighted by molar-refractivity contribution is 5.80. The van der Waals surface area contributed by atoms with Gasteiger partial charge in [0.1, 0.15) is 5.82 Å². The van der Waals surface area contributed by atoms with E-state index in [4.69, 9.17) is 0 Å². The predicted molar refractivity (Wildman–Crippen MR) is 108 cm³/mol. The molecule has 0 spiro atoms. The number of anilines is 1. The van der Waals surface area contributed by atoms with Crippen LogP contribution in [0.1, 0.15) is 51.4 Å². The summed E-state index contributed by atoms with van der Waals surface area (Å²) >= 11 is 0. The average molecular weight is 356 g/mol. The van der Waals surface area contributed by atoms with Gasteiger partial charge >= 0.3 is 0 Å². The van der Waals surface area contributed by atoms with E-state index in [1.54, 1.807) is 0 Å². The molecule has 2 aliphatic carbocycles. The molecule has 1 saturated heterocycles. The fourth-order valence-electron chi connectivity index (χ4n) is 4.80. The first kappa shape index (κ1) is 17.6. The second kappa shape index (κ2) is 8.28.